The fourth-order valence-electron chi connectivity index (χ4n) is 3.36. The molecule has 6 nitrogen and oxygen atoms in total. The first kappa shape index (κ1) is 15.8. The van der Waals surface area contributed by atoms with Gasteiger partial charge in [0.25, 0.3) is 0 Å². The summed E-state index contributed by atoms with van der Waals surface area (Å²) in [6.07, 6.45) is 3.49. The van der Waals surface area contributed by atoms with Gasteiger partial charge in [0.2, 0.25) is 5.91 Å². The van der Waals surface area contributed by atoms with E-state index >= 15 is 0 Å². The van der Waals surface area contributed by atoms with E-state index in [9.17, 15) is 4.79 Å². The average Bonchev–Trinajstić information content (AvgIpc) is 3.09. The van der Waals surface area contributed by atoms with Gasteiger partial charge in [-0.2, -0.15) is 5.10 Å². The number of hydrogen-bond acceptors (Lipinski definition) is 4. The number of piperazine rings is 1. The zero-order valence-corrected chi connectivity index (χ0v) is 14.4. The zero-order valence-electron chi connectivity index (χ0n) is 14.4. The van der Waals surface area contributed by atoms with Gasteiger partial charge in [-0.15, -0.1) is 0 Å². The lowest BCUT2D eigenvalue weighted by atomic mass is 10.0. The van der Waals surface area contributed by atoms with Crippen LogP contribution in [-0.2, 0) is 11.3 Å². The molecule has 1 aromatic carbocycles. The highest BCUT2D eigenvalue weighted by atomic mass is 16.2. The van der Waals surface area contributed by atoms with E-state index < -0.39 is 0 Å². The maximum atomic E-state index is 12.3. The summed E-state index contributed by atoms with van der Waals surface area (Å²) < 4.78 is 1.83. The minimum Gasteiger partial charge on any atom is -0.336 e. The van der Waals surface area contributed by atoms with Crippen LogP contribution in [0.15, 0.2) is 42.9 Å². The Kier molecular flexibility index (Phi) is 3.97. The Labute approximate surface area is 146 Å². The monoisotopic (exact) mass is 335 g/mol. The second kappa shape index (κ2) is 6.29. The van der Waals surface area contributed by atoms with Crippen LogP contribution in [0.25, 0.3) is 16.8 Å². The van der Waals surface area contributed by atoms with Crippen molar-refractivity contribution in [2.75, 3.05) is 13.1 Å². The smallest absolute Gasteiger partial charge is 0.239 e. The first-order chi connectivity index (χ1) is 12.1. The number of fused-ring (bicyclic) bond motifs is 1. The SMILES string of the molecule is Cc1cc(-c2ncnn3cccc23)ccc1CN1CCNC(C)C1=O. The van der Waals surface area contributed by atoms with Crippen molar-refractivity contribution >= 4 is 11.4 Å². The van der Waals surface area contributed by atoms with E-state index in [0.29, 0.717) is 6.54 Å². The number of aromatic nitrogens is 3. The van der Waals surface area contributed by atoms with Crippen LogP contribution in [0.1, 0.15) is 18.1 Å². The van der Waals surface area contributed by atoms with Gasteiger partial charge in [-0.1, -0.05) is 12.1 Å². The summed E-state index contributed by atoms with van der Waals surface area (Å²) in [4.78, 5) is 18.7. The van der Waals surface area contributed by atoms with E-state index in [0.717, 1.165) is 29.9 Å². The first-order valence-corrected chi connectivity index (χ1v) is 8.54. The molecule has 1 aliphatic rings. The van der Waals surface area contributed by atoms with Crippen LogP contribution in [-0.4, -0.2) is 44.5 Å². The topological polar surface area (TPSA) is 62.5 Å². The highest BCUT2D eigenvalue weighted by Crippen LogP contribution is 2.25. The van der Waals surface area contributed by atoms with Crippen LogP contribution < -0.4 is 5.32 Å². The van der Waals surface area contributed by atoms with Gasteiger partial charge in [0, 0.05) is 31.4 Å². The summed E-state index contributed by atoms with van der Waals surface area (Å²) in [6, 6.07) is 10.2. The molecule has 3 heterocycles. The predicted octanol–water partition coefficient (Wildman–Crippen LogP) is 2.03. The van der Waals surface area contributed by atoms with Crippen LogP contribution in [0.4, 0.5) is 0 Å². The number of nitrogens with zero attached hydrogens (tertiary/aromatic N) is 4. The molecule has 3 aromatic rings. The van der Waals surface area contributed by atoms with Crippen LogP contribution in [0.3, 0.4) is 0 Å². The minimum absolute atomic E-state index is 0.100. The fraction of sp³-hybridized carbons (Fsp3) is 0.316. The molecule has 2 aromatic heterocycles. The third-order valence-corrected chi connectivity index (χ3v) is 4.83. The molecule has 0 spiro atoms. The number of aryl methyl sites for hydroxylation is 1. The minimum atomic E-state index is -0.100. The molecule has 0 saturated carbocycles. The largest absolute Gasteiger partial charge is 0.336 e. The van der Waals surface area contributed by atoms with Crippen LogP contribution >= 0.6 is 0 Å². The molecule has 1 amide bonds. The Hall–Kier alpha value is -2.73. The van der Waals surface area contributed by atoms with Crippen molar-refractivity contribution in [3.63, 3.8) is 0 Å². The molecular weight excluding hydrogens is 314 g/mol. The molecule has 1 atom stereocenters. The zero-order chi connectivity index (χ0) is 17.4. The first-order valence-electron chi connectivity index (χ1n) is 8.54. The summed E-state index contributed by atoms with van der Waals surface area (Å²) in [6.45, 7) is 6.26. The maximum Gasteiger partial charge on any atom is 0.239 e. The molecule has 1 unspecified atom stereocenters. The Balaban J connectivity index is 1.63. The van der Waals surface area contributed by atoms with Gasteiger partial charge in [0.05, 0.1) is 17.3 Å². The summed E-state index contributed by atoms with van der Waals surface area (Å²) >= 11 is 0. The van der Waals surface area contributed by atoms with E-state index in [1.807, 2.05) is 34.7 Å². The lowest BCUT2D eigenvalue weighted by molar-refractivity contribution is -0.135. The quantitative estimate of drug-likeness (QED) is 0.795. The molecule has 25 heavy (non-hydrogen) atoms. The molecule has 1 N–H and O–H groups in total. The second-order valence-electron chi connectivity index (χ2n) is 6.52. The highest BCUT2D eigenvalue weighted by Gasteiger charge is 2.24. The highest BCUT2D eigenvalue weighted by molar-refractivity contribution is 5.82. The standard InChI is InChI=1S/C19H21N5O/c1-13-10-15(18-17-4-3-8-24(17)22-12-21-18)5-6-16(13)11-23-9-7-20-14(2)19(23)25/h3-6,8,10,12,14,20H,7,9,11H2,1-2H3. The van der Waals surface area contributed by atoms with Crippen LogP contribution in [0, 0.1) is 6.92 Å². The number of carbonyl (C=O) groups excluding carboxylic acids is 1. The molecule has 6 heteroatoms. The number of carbonyl (C=O) groups is 1. The molecule has 0 aliphatic carbocycles. The summed E-state index contributed by atoms with van der Waals surface area (Å²) in [5.41, 5.74) is 5.31. The summed E-state index contributed by atoms with van der Waals surface area (Å²) in [5, 5.41) is 7.42. The summed E-state index contributed by atoms with van der Waals surface area (Å²) in [7, 11) is 0. The van der Waals surface area contributed by atoms with Gasteiger partial charge in [0.15, 0.2) is 0 Å². The van der Waals surface area contributed by atoms with Crippen molar-refractivity contribution in [3.05, 3.63) is 54.0 Å². The predicted molar refractivity (Wildman–Crippen MR) is 96.0 cm³/mol. The molecule has 0 radical (unpaired) electrons. The molecule has 128 valence electrons. The number of amides is 1. The average molecular weight is 335 g/mol. The third-order valence-electron chi connectivity index (χ3n) is 4.83. The van der Waals surface area contributed by atoms with E-state index in [1.54, 1.807) is 6.33 Å². The number of benzene rings is 1. The number of hydrogen-bond donors (Lipinski definition) is 1. The van der Waals surface area contributed by atoms with Crippen molar-refractivity contribution in [2.45, 2.75) is 26.4 Å². The number of nitrogens with one attached hydrogen (secondary N) is 1. The van der Waals surface area contributed by atoms with Crippen LogP contribution in [0.2, 0.25) is 0 Å². The molecule has 4 rings (SSSR count). The normalized spacial score (nSPS) is 18.1. The van der Waals surface area contributed by atoms with E-state index in [1.165, 1.54) is 11.1 Å². The Morgan fingerprint density at radius 1 is 1.32 bits per heavy atom. The van der Waals surface area contributed by atoms with Gasteiger partial charge in [-0.05, 0) is 43.2 Å². The van der Waals surface area contributed by atoms with Gasteiger partial charge >= 0.3 is 0 Å². The van der Waals surface area contributed by atoms with E-state index in [4.69, 9.17) is 0 Å². The van der Waals surface area contributed by atoms with Crippen LogP contribution in [0.5, 0.6) is 0 Å². The molecule has 0 bridgehead atoms. The van der Waals surface area contributed by atoms with Crippen molar-refractivity contribution < 1.29 is 4.79 Å². The fourth-order valence-corrected chi connectivity index (χ4v) is 3.36. The molecule has 1 saturated heterocycles. The Morgan fingerprint density at radius 2 is 2.20 bits per heavy atom. The second-order valence-corrected chi connectivity index (χ2v) is 6.52. The van der Waals surface area contributed by atoms with Gasteiger partial charge in [-0.25, -0.2) is 9.50 Å². The molecule has 1 aliphatic heterocycles. The van der Waals surface area contributed by atoms with Gasteiger partial charge < -0.3 is 10.2 Å². The van der Waals surface area contributed by atoms with Crippen molar-refractivity contribution in [1.29, 1.82) is 0 Å². The molecular formula is C19H21N5O. The Morgan fingerprint density at radius 3 is 3.04 bits per heavy atom. The van der Waals surface area contributed by atoms with Crippen molar-refractivity contribution in [2.24, 2.45) is 0 Å². The third kappa shape index (κ3) is 2.89. The van der Waals surface area contributed by atoms with Crippen molar-refractivity contribution in [3.8, 4) is 11.3 Å². The summed E-state index contributed by atoms with van der Waals surface area (Å²) in [5.74, 6) is 0.167. The van der Waals surface area contributed by atoms with Gasteiger partial charge in [-0.3, -0.25) is 4.79 Å². The van der Waals surface area contributed by atoms with Gasteiger partial charge in [0.1, 0.15) is 6.33 Å². The molecule has 1 fully saturated rings. The van der Waals surface area contributed by atoms with E-state index in [2.05, 4.69) is 40.5 Å². The van der Waals surface area contributed by atoms with E-state index in [-0.39, 0.29) is 11.9 Å². The van der Waals surface area contributed by atoms with Crippen molar-refractivity contribution in [1.82, 2.24) is 24.8 Å². The number of rotatable bonds is 3. The maximum absolute atomic E-state index is 12.3. The lowest BCUT2D eigenvalue weighted by Crippen LogP contribution is -2.53. The lowest BCUT2D eigenvalue weighted by Gasteiger charge is -2.32. The Bertz CT molecular complexity index is 932.